The van der Waals surface area contributed by atoms with Gasteiger partial charge in [-0.3, -0.25) is 4.79 Å². The third kappa shape index (κ3) is 2.65. The minimum atomic E-state index is -0.595. The lowest BCUT2D eigenvalue weighted by Crippen LogP contribution is -2.49. The van der Waals surface area contributed by atoms with Crippen molar-refractivity contribution in [1.29, 1.82) is 0 Å². The first-order valence-corrected chi connectivity index (χ1v) is 7.14. The van der Waals surface area contributed by atoms with Crippen molar-refractivity contribution >= 4 is 5.91 Å². The van der Waals surface area contributed by atoms with Crippen molar-refractivity contribution in [3.63, 3.8) is 0 Å². The number of hydrogen-bond donors (Lipinski definition) is 2. The van der Waals surface area contributed by atoms with E-state index in [1.54, 1.807) is 0 Å². The first kappa shape index (κ1) is 14.4. The summed E-state index contributed by atoms with van der Waals surface area (Å²) in [5, 5.41) is 5.89. The molecule has 2 fully saturated rings. The number of hydrogen-bond acceptors (Lipinski definition) is 3. The van der Waals surface area contributed by atoms with Crippen LogP contribution in [0.4, 0.5) is 8.78 Å². The van der Waals surface area contributed by atoms with Gasteiger partial charge in [-0.05, 0) is 25.0 Å². The van der Waals surface area contributed by atoms with E-state index in [1.165, 1.54) is 18.2 Å². The molecule has 2 saturated heterocycles. The second-order valence-electron chi connectivity index (χ2n) is 5.71. The normalized spacial score (nSPS) is 24.3. The Labute approximate surface area is 121 Å². The van der Waals surface area contributed by atoms with Crippen LogP contribution in [0.2, 0.25) is 0 Å². The molecule has 2 heterocycles. The summed E-state index contributed by atoms with van der Waals surface area (Å²) in [7, 11) is 0. The molecule has 6 heteroatoms. The van der Waals surface area contributed by atoms with Crippen molar-refractivity contribution in [2.75, 3.05) is 19.8 Å². The zero-order chi connectivity index (χ0) is 14.9. The molecule has 3 rings (SSSR count). The molecule has 2 N–H and O–H groups in total. The summed E-state index contributed by atoms with van der Waals surface area (Å²) in [5.41, 5.74) is -0.240. The van der Waals surface area contributed by atoms with Gasteiger partial charge in [0.05, 0.1) is 6.04 Å². The number of carbonyl (C=O) groups excluding carboxylic acids is 1. The molecule has 114 valence electrons. The number of amides is 1. The summed E-state index contributed by atoms with van der Waals surface area (Å²) in [6, 6.07) is 3.34. The van der Waals surface area contributed by atoms with Gasteiger partial charge in [-0.2, -0.15) is 0 Å². The lowest BCUT2D eigenvalue weighted by atomic mass is 9.76. The minimum Gasteiger partial charge on any atom is -0.381 e. The van der Waals surface area contributed by atoms with E-state index in [0.717, 1.165) is 12.8 Å². The number of ether oxygens (including phenoxy) is 1. The van der Waals surface area contributed by atoms with Crippen LogP contribution in [0.25, 0.3) is 0 Å². The molecule has 0 aromatic heterocycles. The van der Waals surface area contributed by atoms with E-state index in [-0.39, 0.29) is 23.4 Å². The molecule has 1 atom stereocenters. The third-order valence-electron chi connectivity index (χ3n) is 4.52. The van der Waals surface area contributed by atoms with Crippen molar-refractivity contribution in [2.24, 2.45) is 5.41 Å². The number of carbonyl (C=O) groups is 1. The molecule has 1 amide bonds. The van der Waals surface area contributed by atoms with E-state index in [1.807, 2.05) is 0 Å². The summed E-state index contributed by atoms with van der Waals surface area (Å²) in [6.45, 7) is 1.81. The Bertz CT molecular complexity index is 524. The highest BCUT2D eigenvalue weighted by atomic mass is 19.1. The Morgan fingerprint density at radius 2 is 1.95 bits per heavy atom. The smallest absolute Gasteiger partial charge is 0.237 e. The molecule has 0 bridgehead atoms. The van der Waals surface area contributed by atoms with Gasteiger partial charge in [0.15, 0.2) is 0 Å². The molecule has 4 nitrogen and oxygen atoms in total. The van der Waals surface area contributed by atoms with Gasteiger partial charge in [0.1, 0.15) is 11.6 Å². The maximum Gasteiger partial charge on any atom is 0.237 e. The van der Waals surface area contributed by atoms with Gasteiger partial charge in [-0.15, -0.1) is 0 Å². The van der Waals surface area contributed by atoms with E-state index in [4.69, 9.17) is 4.74 Å². The predicted molar refractivity (Wildman–Crippen MR) is 72.5 cm³/mol. The average Bonchev–Trinajstić information content (AvgIpc) is 2.76. The summed E-state index contributed by atoms with van der Waals surface area (Å²) in [4.78, 5) is 12.0. The third-order valence-corrected chi connectivity index (χ3v) is 4.52. The molecule has 1 aromatic rings. The number of nitrogens with one attached hydrogen (secondary N) is 2. The van der Waals surface area contributed by atoms with Crippen LogP contribution in [0, 0.1) is 17.0 Å². The lowest BCUT2D eigenvalue weighted by molar-refractivity contribution is -0.122. The molecular weight excluding hydrogens is 278 g/mol. The minimum absolute atomic E-state index is 0.000793. The first-order chi connectivity index (χ1) is 10.1. The van der Waals surface area contributed by atoms with Gasteiger partial charge >= 0.3 is 0 Å². The molecule has 21 heavy (non-hydrogen) atoms. The predicted octanol–water partition coefficient (Wildman–Crippen LogP) is 1.35. The van der Waals surface area contributed by atoms with E-state index >= 15 is 0 Å². The van der Waals surface area contributed by atoms with Crippen LogP contribution in [0.5, 0.6) is 0 Å². The monoisotopic (exact) mass is 296 g/mol. The van der Waals surface area contributed by atoms with Crippen molar-refractivity contribution < 1.29 is 18.3 Å². The number of benzene rings is 1. The van der Waals surface area contributed by atoms with Crippen LogP contribution < -0.4 is 10.6 Å². The van der Waals surface area contributed by atoms with Gasteiger partial charge in [0, 0.05) is 37.3 Å². The Balaban J connectivity index is 1.75. The maximum atomic E-state index is 13.7. The summed E-state index contributed by atoms with van der Waals surface area (Å²) in [6.07, 6.45) is 1.53. The van der Waals surface area contributed by atoms with Crippen molar-refractivity contribution in [3.8, 4) is 0 Å². The second kappa shape index (κ2) is 5.69. The van der Waals surface area contributed by atoms with Crippen LogP contribution >= 0.6 is 0 Å². The molecule has 1 spiro atoms. The molecule has 0 saturated carbocycles. The van der Waals surface area contributed by atoms with E-state index < -0.39 is 17.7 Å². The van der Waals surface area contributed by atoms with Gasteiger partial charge < -0.3 is 15.4 Å². The zero-order valence-corrected chi connectivity index (χ0v) is 11.6. The zero-order valence-electron chi connectivity index (χ0n) is 11.6. The van der Waals surface area contributed by atoms with Crippen LogP contribution in [0.3, 0.4) is 0 Å². The average molecular weight is 296 g/mol. The Morgan fingerprint density at radius 3 is 2.62 bits per heavy atom. The van der Waals surface area contributed by atoms with Crippen LogP contribution in [0.1, 0.15) is 18.4 Å². The largest absolute Gasteiger partial charge is 0.381 e. The van der Waals surface area contributed by atoms with E-state index in [9.17, 15) is 13.6 Å². The van der Waals surface area contributed by atoms with Crippen molar-refractivity contribution in [2.45, 2.75) is 25.4 Å². The highest BCUT2D eigenvalue weighted by molar-refractivity contribution is 5.85. The Hall–Kier alpha value is -1.53. The van der Waals surface area contributed by atoms with Gasteiger partial charge in [-0.25, -0.2) is 8.78 Å². The highest BCUT2D eigenvalue weighted by Gasteiger charge is 2.48. The highest BCUT2D eigenvalue weighted by Crippen LogP contribution is 2.37. The fourth-order valence-corrected chi connectivity index (χ4v) is 3.20. The summed E-state index contributed by atoms with van der Waals surface area (Å²) in [5.74, 6) is -1.29. The topological polar surface area (TPSA) is 50.4 Å². The molecule has 0 aliphatic carbocycles. The fraction of sp³-hybridized carbons (Fsp3) is 0.533. The van der Waals surface area contributed by atoms with Gasteiger partial charge in [-0.1, -0.05) is 6.07 Å². The van der Waals surface area contributed by atoms with Gasteiger partial charge in [0.25, 0.3) is 0 Å². The Kier molecular flexibility index (Phi) is 3.91. The second-order valence-corrected chi connectivity index (χ2v) is 5.71. The van der Waals surface area contributed by atoms with E-state index in [2.05, 4.69) is 10.6 Å². The standard InChI is InChI=1S/C15H18F2N2O2/c16-11-2-1-3-12(17)10(11)8-18-13-14(20)19-9-15(13)4-6-21-7-5-15/h1-3,13,18H,4-9H2,(H,19,20). The Morgan fingerprint density at radius 1 is 1.29 bits per heavy atom. The fourth-order valence-electron chi connectivity index (χ4n) is 3.20. The first-order valence-electron chi connectivity index (χ1n) is 7.14. The molecular formula is C15H18F2N2O2. The quantitative estimate of drug-likeness (QED) is 0.885. The van der Waals surface area contributed by atoms with Crippen molar-refractivity contribution in [3.05, 3.63) is 35.4 Å². The SMILES string of the molecule is O=C1NCC2(CCOCC2)C1NCc1c(F)cccc1F. The molecule has 1 aromatic carbocycles. The van der Waals surface area contributed by atoms with Crippen LogP contribution in [0.15, 0.2) is 18.2 Å². The number of rotatable bonds is 3. The molecule has 2 aliphatic heterocycles. The van der Waals surface area contributed by atoms with Crippen molar-refractivity contribution in [1.82, 2.24) is 10.6 Å². The maximum absolute atomic E-state index is 13.7. The molecule has 0 radical (unpaired) electrons. The molecule has 1 unspecified atom stereocenters. The molecule has 2 aliphatic rings. The lowest BCUT2D eigenvalue weighted by Gasteiger charge is -2.36. The number of halogens is 2. The van der Waals surface area contributed by atoms with Crippen LogP contribution in [-0.4, -0.2) is 31.7 Å². The summed E-state index contributed by atoms with van der Waals surface area (Å²) < 4.78 is 32.7. The van der Waals surface area contributed by atoms with Crippen LogP contribution in [-0.2, 0) is 16.1 Å². The van der Waals surface area contributed by atoms with Gasteiger partial charge in [0.2, 0.25) is 5.91 Å². The van der Waals surface area contributed by atoms with E-state index in [0.29, 0.717) is 19.8 Å². The summed E-state index contributed by atoms with van der Waals surface area (Å²) >= 11 is 0.